The van der Waals surface area contributed by atoms with Gasteiger partial charge in [0.25, 0.3) is 0 Å². The minimum absolute atomic E-state index is 0.280. The van der Waals surface area contributed by atoms with Crippen molar-refractivity contribution in [2.75, 3.05) is 29.6 Å². The molecule has 0 aliphatic heterocycles. The van der Waals surface area contributed by atoms with Crippen LogP contribution in [0.3, 0.4) is 0 Å². The van der Waals surface area contributed by atoms with Gasteiger partial charge in [0.2, 0.25) is 0 Å². The van der Waals surface area contributed by atoms with Crippen LogP contribution in [0, 0.1) is 13.8 Å². The zero-order valence-electron chi connectivity index (χ0n) is 13.9. The maximum atomic E-state index is 12.4. The molecule has 6 heteroatoms. The summed E-state index contributed by atoms with van der Waals surface area (Å²) in [5.41, 5.74) is 4.29. The molecule has 2 N–H and O–H groups in total. The van der Waals surface area contributed by atoms with Crippen LogP contribution >= 0.6 is 0 Å². The average Bonchev–Trinajstić information content (AvgIpc) is 3.27. The lowest BCUT2D eigenvalue weighted by Gasteiger charge is -2.18. The van der Waals surface area contributed by atoms with E-state index in [0.29, 0.717) is 17.3 Å². The van der Waals surface area contributed by atoms with Crippen LogP contribution in [0.4, 0.5) is 21.9 Å². The molecule has 0 atom stereocenters. The fourth-order valence-corrected chi connectivity index (χ4v) is 2.67. The standard InChI is InChI=1S/C17H22N4O2/c1-10-13(6-5-7-14(10)21(3)4)18-17(22)19-15-11(2)20-23-16(15)12-8-9-12/h5-7,12H,8-9H2,1-4H3,(H2,18,19,22). The Kier molecular flexibility index (Phi) is 3.98. The predicted octanol–water partition coefficient (Wildman–Crippen LogP) is 3.88. The Morgan fingerprint density at radius 2 is 2.00 bits per heavy atom. The van der Waals surface area contributed by atoms with Gasteiger partial charge in [0.15, 0.2) is 5.76 Å². The third-order valence-corrected chi connectivity index (χ3v) is 4.11. The number of anilines is 3. The van der Waals surface area contributed by atoms with Crippen molar-refractivity contribution in [3.05, 3.63) is 35.2 Å². The third kappa shape index (κ3) is 3.16. The Morgan fingerprint density at radius 3 is 2.65 bits per heavy atom. The lowest BCUT2D eigenvalue weighted by Crippen LogP contribution is -2.21. The number of hydrogen-bond donors (Lipinski definition) is 2. The number of rotatable bonds is 4. The second kappa shape index (κ2) is 5.95. The van der Waals surface area contributed by atoms with Crippen LogP contribution in [-0.2, 0) is 0 Å². The van der Waals surface area contributed by atoms with Gasteiger partial charge in [-0.2, -0.15) is 0 Å². The number of benzene rings is 1. The van der Waals surface area contributed by atoms with E-state index in [1.807, 2.05) is 51.0 Å². The molecule has 0 bridgehead atoms. The first-order chi connectivity index (χ1) is 11.0. The number of hydrogen-bond acceptors (Lipinski definition) is 4. The summed E-state index contributed by atoms with van der Waals surface area (Å²) in [6.45, 7) is 3.83. The molecule has 23 heavy (non-hydrogen) atoms. The summed E-state index contributed by atoms with van der Waals surface area (Å²) in [7, 11) is 3.96. The van der Waals surface area contributed by atoms with E-state index >= 15 is 0 Å². The molecule has 2 aromatic rings. The van der Waals surface area contributed by atoms with E-state index in [0.717, 1.165) is 35.5 Å². The second-order valence-electron chi connectivity index (χ2n) is 6.20. The quantitative estimate of drug-likeness (QED) is 0.898. The fraction of sp³-hybridized carbons (Fsp3) is 0.412. The average molecular weight is 314 g/mol. The monoisotopic (exact) mass is 314 g/mol. The molecule has 1 aliphatic rings. The van der Waals surface area contributed by atoms with Crippen LogP contribution in [0.25, 0.3) is 0 Å². The van der Waals surface area contributed by atoms with E-state index in [9.17, 15) is 4.79 Å². The van der Waals surface area contributed by atoms with Crippen LogP contribution < -0.4 is 15.5 Å². The fourth-order valence-electron chi connectivity index (χ4n) is 2.67. The molecule has 0 radical (unpaired) electrons. The van der Waals surface area contributed by atoms with Crippen molar-refractivity contribution in [2.45, 2.75) is 32.6 Å². The van der Waals surface area contributed by atoms with E-state index in [4.69, 9.17) is 4.52 Å². The van der Waals surface area contributed by atoms with E-state index in [-0.39, 0.29) is 6.03 Å². The SMILES string of the molecule is Cc1noc(C2CC2)c1NC(=O)Nc1cccc(N(C)C)c1C. The second-order valence-corrected chi connectivity index (χ2v) is 6.20. The van der Waals surface area contributed by atoms with Gasteiger partial charge in [0, 0.05) is 31.4 Å². The summed E-state index contributed by atoms with van der Waals surface area (Å²) >= 11 is 0. The van der Waals surface area contributed by atoms with Gasteiger partial charge in [-0.15, -0.1) is 0 Å². The highest BCUT2D eigenvalue weighted by molar-refractivity contribution is 6.01. The van der Waals surface area contributed by atoms with Crippen LogP contribution in [-0.4, -0.2) is 25.3 Å². The molecular formula is C17H22N4O2. The predicted molar refractivity (Wildman–Crippen MR) is 91.4 cm³/mol. The zero-order valence-corrected chi connectivity index (χ0v) is 13.9. The first-order valence-corrected chi connectivity index (χ1v) is 7.78. The topological polar surface area (TPSA) is 70.4 Å². The number of aryl methyl sites for hydroxylation is 1. The smallest absolute Gasteiger partial charge is 0.323 e. The normalized spacial score (nSPS) is 13.7. The minimum Gasteiger partial charge on any atom is -0.377 e. The molecule has 122 valence electrons. The van der Waals surface area contributed by atoms with Gasteiger partial charge >= 0.3 is 6.03 Å². The van der Waals surface area contributed by atoms with Crippen molar-refractivity contribution in [3.63, 3.8) is 0 Å². The van der Waals surface area contributed by atoms with E-state index in [2.05, 4.69) is 15.8 Å². The molecule has 6 nitrogen and oxygen atoms in total. The summed E-state index contributed by atoms with van der Waals surface area (Å²) in [4.78, 5) is 14.4. The van der Waals surface area contributed by atoms with Crippen LogP contribution in [0.2, 0.25) is 0 Å². The van der Waals surface area contributed by atoms with E-state index < -0.39 is 0 Å². The maximum absolute atomic E-state index is 12.4. The molecule has 1 aromatic heterocycles. The van der Waals surface area contributed by atoms with Crippen molar-refractivity contribution in [1.82, 2.24) is 5.16 Å². The Hall–Kier alpha value is -2.50. The molecule has 0 spiro atoms. The molecule has 1 aliphatic carbocycles. The Bertz CT molecular complexity index is 732. The number of aromatic nitrogens is 1. The van der Waals surface area contributed by atoms with Crippen molar-refractivity contribution in [1.29, 1.82) is 0 Å². The molecule has 0 unspecified atom stereocenters. The maximum Gasteiger partial charge on any atom is 0.323 e. The highest BCUT2D eigenvalue weighted by atomic mass is 16.5. The Labute approximate surface area is 135 Å². The van der Waals surface area contributed by atoms with Crippen molar-refractivity contribution >= 4 is 23.1 Å². The Balaban J connectivity index is 1.76. The van der Waals surface area contributed by atoms with Gasteiger partial charge in [-0.25, -0.2) is 4.79 Å². The summed E-state index contributed by atoms with van der Waals surface area (Å²) < 4.78 is 5.35. The first-order valence-electron chi connectivity index (χ1n) is 7.78. The number of carbonyl (C=O) groups excluding carboxylic acids is 1. The lowest BCUT2D eigenvalue weighted by molar-refractivity contribution is 0.262. The first kappa shape index (κ1) is 15.4. The molecule has 1 aromatic carbocycles. The Morgan fingerprint density at radius 1 is 1.26 bits per heavy atom. The van der Waals surface area contributed by atoms with Crippen molar-refractivity contribution < 1.29 is 9.32 Å². The van der Waals surface area contributed by atoms with Gasteiger partial charge in [-0.1, -0.05) is 11.2 Å². The molecular weight excluding hydrogens is 292 g/mol. The largest absolute Gasteiger partial charge is 0.377 e. The van der Waals surface area contributed by atoms with Crippen molar-refractivity contribution in [2.24, 2.45) is 0 Å². The van der Waals surface area contributed by atoms with Crippen LogP contribution in [0.1, 0.15) is 35.8 Å². The zero-order chi connectivity index (χ0) is 16.6. The summed E-state index contributed by atoms with van der Waals surface area (Å²) in [5, 5.41) is 9.76. The number of carbonyl (C=O) groups is 1. The van der Waals surface area contributed by atoms with E-state index in [1.165, 1.54) is 0 Å². The molecule has 1 heterocycles. The number of amides is 2. The van der Waals surface area contributed by atoms with E-state index in [1.54, 1.807) is 0 Å². The number of urea groups is 1. The lowest BCUT2D eigenvalue weighted by atomic mass is 10.1. The molecule has 3 rings (SSSR count). The highest BCUT2D eigenvalue weighted by Gasteiger charge is 2.32. The van der Waals surface area contributed by atoms with Crippen molar-refractivity contribution in [3.8, 4) is 0 Å². The summed E-state index contributed by atoms with van der Waals surface area (Å²) in [6.07, 6.45) is 2.18. The van der Waals surface area contributed by atoms with Gasteiger partial charge in [0.05, 0.1) is 0 Å². The van der Waals surface area contributed by atoms with Gasteiger partial charge in [-0.3, -0.25) is 0 Å². The number of nitrogens with zero attached hydrogens (tertiary/aromatic N) is 2. The number of nitrogens with one attached hydrogen (secondary N) is 2. The molecule has 2 amide bonds. The van der Waals surface area contributed by atoms with Crippen LogP contribution in [0.15, 0.2) is 22.7 Å². The van der Waals surface area contributed by atoms with Gasteiger partial charge in [-0.05, 0) is 44.4 Å². The third-order valence-electron chi connectivity index (χ3n) is 4.11. The summed E-state index contributed by atoms with van der Waals surface area (Å²) in [5.74, 6) is 1.18. The van der Waals surface area contributed by atoms with Gasteiger partial charge < -0.3 is 20.1 Å². The summed E-state index contributed by atoms with van der Waals surface area (Å²) in [6, 6.07) is 5.56. The van der Waals surface area contributed by atoms with Gasteiger partial charge in [0.1, 0.15) is 11.4 Å². The molecule has 1 saturated carbocycles. The molecule has 0 saturated heterocycles. The molecule has 1 fully saturated rings. The highest BCUT2D eigenvalue weighted by Crippen LogP contribution is 2.44. The van der Waals surface area contributed by atoms with Crippen LogP contribution in [0.5, 0.6) is 0 Å². The minimum atomic E-state index is -0.280.